The summed E-state index contributed by atoms with van der Waals surface area (Å²) in [5.74, 6) is 0.133. The van der Waals surface area contributed by atoms with Gasteiger partial charge in [0.05, 0.1) is 12.3 Å². The van der Waals surface area contributed by atoms with Crippen molar-refractivity contribution in [3.05, 3.63) is 59.4 Å². The first-order chi connectivity index (χ1) is 13.0. The minimum absolute atomic E-state index is 0.0369. The molecule has 2 aromatic rings. The van der Waals surface area contributed by atoms with E-state index in [9.17, 15) is 14.0 Å². The Morgan fingerprint density at radius 1 is 1.00 bits per heavy atom. The first kappa shape index (κ1) is 18.9. The van der Waals surface area contributed by atoms with Crippen LogP contribution in [0.2, 0.25) is 0 Å². The molecule has 1 saturated heterocycles. The van der Waals surface area contributed by atoms with Crippen molar-refractivity contribution in [3.63, 3.8) is 0 Å². The number of halogens is 1. The minimum Gasteiger partial charge on any atom is -0.494 e. The predicted octanol–water partition coefficient (Wildman–Crippen LogP) is 3.39. The first-order valence-corrected chi connectivity index (χ1v) is 9.07. The number of nitrogens with zero attached hydrogens (tertiary/aromatic N) is 2. The molecule has 0 atom stereocenters. The zero-order valence-corrected chi connectivity index (χ0v) is 15.6. The van der Waals surface area contributed by atoms with Crippen LogP contribution in [0, 0.1) is 5.82 Å². The van der Waals surface area contributed by atoms with Crippen molar-refractivity contribution in [1.82, 2.24) is 4.90 Å². The molecule has 1 aliphatic rings. The Kier molecular flexibility index (Phi) is 5.74. The van der Waals surface area contributed by atoms with Crippen molar-refractivity contribution < 1.29 is 18.7 Å². The highest BCUT2D eigenvalue weighted by molar-refractivity contribution is 5.95. The number of Topliss-reactive ketones (excluding diaryl/α,β-unsaturated/α-hetero) is 1. The SMILES string of the molecule is CCOc1ccc(C(=O)N2CCN(c3ccc(C(C)=O)cc3F)CC2)cc1. The summed E-state index contributed by atoms with van der Waals surface area (Å²) in [6.45, 7) is 6.02. The van der Waals surface area contributed by atoms with E-state index in [1.165, 1.54) is 13.0 Å². The van der Waals surface area contributed by atoms with Gasteiger partial charge in [-0.25, -0.2) is 4.39 Å². The van der Waals surface area contributed by atoms with Gasteiger partial charge in [-0.2, -0.15) is 0 Å². The van der Waals surface area contributed by atoms with Crippen molar-refractivity contribution in [2.75, 3.05) is 37.7 Å². The molecule has 0 unspecified atom stereocenters. The predicted molar refractivity (Wildman–Crippen MR) is 102 cm³/mol. The van der Waals surface area contributed by atoms with Crippen LogP contribution in [0.1, 0.15) is 34.6 Å². The molecule has 0 radical (unpaired) electrons. The van der Waals surface area contributed by atoms with Crippen molar-refractivity contribution in [2.24, 2.45) is 0 Å². The Balaban J connectivity index is 1.63. The number of rotatable bonds is 5. The number of carbonyl (C=O) groups is 2. The Bertz CT molecular complexity index is 828. The van der Waals surface area contributed by atoms with Gasteiger partial charge in [0.2, 0.25) is 0 Å². The van der Waals surface area contributed by atoms with Crippen LogP contribution in [0.15, 0.2) is 42.5 Å². The summed E-state index contributed by atoms with van der Waals surface area (Å²) in [4.78, 5) is 27.7. The summed E-state index contributed by atoms with van der Waals surface area (Å²) in [5, 5.41) is 0. The zero-order chi connectivity index (χ0) is 19.4. The standard InChI is InChI=1S/C21H23FN2O3/c1-3-27-18-7-4-16(5-8-18)21(26)24-12-10-23(11-13-24)20-9-6-17(15(2)25)14-19(20)22/h4-9,14H,3,10-13H2,1-2H3. The summed E-state index contributed by atoms with van der Waals surface area (Å²) < 4.78 is 19.7. The van der Waals surface area contributed by atoms with Gasteiger partial charge in [0.1, 0.15) is 11.6 Å². The molecule has 0 spiro atoms. The molecular weight excluding hydrogens is 347 g/mol. The molecule has 1 aliphatic heterocycles. The molecule has 0 aliphatic carbocycles. The van der Waals surface area contributed by atoms with E-state index in [2.05, 4.69) is 0 Å². The number of carbonyl (C=O) groups excluding carboxylic acids is 2. The maximum Gasteiger partial charge on any atom is 0.253 e. The zero-order valence-electron chi connectivity index (χ0n) is 15.6. The van der Waals surface area contributed by atoms with E-state index < -0.39 is 5.82 Å². The molecule has 1 heterocycles. The van der Waals surface area contributed by atoms with Crippen molar-refractivity contribution >= 4 is 17.4 Å². The average molecular weight is 370 g/mol. The van der Waals surface area contributed by atoms with Crippen LogP contribution in [-0.2, 0) is 0 Å². The van der Waals surface area contributed by atoms with E-state index in [-0.39, 0.29) is 11.7 Å². The molecule has 27 heavy (non-hydrogen) atoms. The molecule has 0 N–H and O–H groups in total. The number of piperazine rings is 1. The molecule has 0 saturated carbocycles. The largest absolute Gasteiger partial charge is 0.494 e. The first-order valence-electron chi connectivity index (χ1n) is 9.07. The van der Waals surface area contributed by atoms with E-state index >= 15 is 0 Å². The van der Waals surface area contributed by atoms with Gasteiger partial charge in [-0.05, 0) is 56.3 Å². The second-order valence-electron chi connectivity index (χ2n) is 6.46. The highest BCUT2D eigenvalue weighted by Gasteiger charge is 2.24. The van der Waals surface area contributed by atoms with Gasteiger partial charge in [-0.1, -0.05) is 0 Å². The van der Waals surface area contributed by atoms with Gasteiger partial charge >= 0.3 is 0 Å². The van der Waals surface area contributed by atoms with Crippen molar-refractivity contribution in [1.29, 1.82) is 0 Å². The van der Waals surface area contributed by atoms with E-state index in [0.29, 0.717) is 49.6 Å². The van der Waals surface area contributed by atoms with Gasteiger partial charge < -0.3 is 14.5 Å². The lowest BCUT2D eigenvalue weighted by atomic mass is 10.1. The second-order valence-corrected chi connectivity index (χ2v) is 6.46. The lowest BCUT2D eigenvalue weighted by Crippen LogP contribution is -2.49. The molecule has 2 aromatic carbocycles. The fourth-order valence-electron chi connectivity index (χ4n) is 3.18. The third-order valence-electron chi connectivity index (χ3n) is 4.67. The maximum atomic E-state index is 14.3. The Hall–Kier alpha value is -2.89. The van der Waals surface area contributed by atoms with Gasteiger partial charge in [0, 0.05) is 37.3 Å². The minimum atomic E-state index is -0.408. The summed E-state index contributed by atoms with van der Waals surface area (Å²) in [5.41, 5.74) is 1.44. The monoisotopic (exact) mass is 370 g/mol. The summed E-state index contributed by atoms with van der Waals surface area (Å²) in [6.07, 6.45) is 0. The molecule has 3 rings (SSSR count). The van der Waals surface area contributed by atoms with E-state index in [4.69, 9.17) is 4.74 Å². The van der Waals surface area contributed by atoms with Crippen molar-refractivity contribution in [2.45, 2.75) is 13.8 Å². The van der Waals surface area contributed by atoms with Gasteiger partial charge in [0.15, 0.2) is 5.78 Å². The van der Waals surface area contributed by atoms with E-state index in [1.54, 1.807) is 41.3 Å². The van der Waals surface area contributed by atoms with Crippen LogP contribution in [0.5, 0.6) is 5.75 Å². The van der Waals surface area contributed by atoms with Crippen molar-refractivity contribution in [3.8, 4) is 5.75 Å². The third kappa shape index (κ3) is 4.27. The smallest absolute Gasteiger partial charge is 0.253 e. The Morgan fingerprint density at radius 3 is 2.19 bits per heavy atom. The number of ketones is 1. The van der Waals surface area contributed by atoms with Crippen LogP contribution in [0.25, 0.3) is 0 Å². The number of benzene rings is 2. The van der Waals surface area contributed by atoms with Crippen LogP contribution in [-0.4, -0.2) is 49.4 Å². The number of ether oxygens (including phenoxy) is 1. The molecule has 5 nitrogen and oxygen atoms in total. The summed E-state index contributed by atoms with van der Waals surface area (Å²) in [7, 11) is 0. The van der Waals surface area contributed by atoms with Crippen LogP contribution < -0.4 is 9.64 Å². The van der Waals surface area contributed by atoms with E-state index in [0.717, 1.165) is 5.75 Å². The fourth-order valence-corrected chi connectivity index (χ4v) is 3.18. The molecule has 0 bridgehead atoms. The Morgan fingerprint density at radius 2 is 1.63 bits per heavy atom. The van der Waals surface area contributed by atoms with Crippen LogP contribution in [0.3, 0.4) is 0 Å². The fraction of sp³-hybridized carbons (Fsp3) is 0.333. The molecule has 1 amide bonds. The number of hydrogen-bond donors (Lipinski definition) is 0. The lowest BCUT2D eigenvalue weighted by Gasteiger charge is -2.36. The number of amides is 1. The summed E-state index contributed by atoms with van der Waals surface area (Å²) >= 11 is 0. The topological polar surface area (TPSA) is 49.9 Å². The lowest BCUT2D eigenvalue weighted by molar-refractivity contribution is 0.0746. The normalized spacial score (nSPS) is 14.2. The summed E-state index contributed by atoms with van der Waals surface area (Å²) in [6, 6.07) is 11.7. The number of anilines is 1. The molecule has 142 valence electrons. The Labute approximate surface area is 158 Å². The molecular formula is C21H23FN2O3. The van der Waals surface area contributed by atoms with Gasteiger partial charge in [0.25, 0.3) is 5.91 Å². The third-order valence-corrected chi connectivity index (χ3v) is 4.67. The average Bonchev–Trinajstić information content (AvgIpc) is 2.68. The van der Waals surface area contributed by atoms with Gasteiger partial charge in [-0.15, -0.1) is 0 Å². The van der Waals surface area contributed by atoms with Crippen LogP contribution >= 0.6 is 0 Å². The van der Waals surface area contributed by atoms with Gasteiger partial charge in [-0.3, -0.25) is 9.59 Å². The van der Waals surface area contributed by atoms with E-state index in [1.807, 2.05) is 11.8 Å². The highest BCUT2D eigenvalue weighted by Crippen LogP contribution is 2.23. The molecule has 1 fully saturated rings. The highest BCUT2D eigenvalue weighted by atomic mass is 19.1. The maximum absolute atomic E-state index is 14.3. The second kappa shape index (κ2) is 8.20. The number of hydrogen-bond acceptors (Lipinski definition) is 4. The molecule has 6 heteroatoms. The van der Waals surface area contributed by atoms with Crippen LogP contribution in [0.4, 0.5) is 10.1 Å². The molecule has 0 aromatic heterocycles. The quantitative estimate of drug-likeness (QED) is 0.757.